The van der Waals surface area contributed by atoms with E-state index in [0.29, 0.717) is 5.56 Å². The number of alkyl halides is 3. The van der Waals surface area contributed by atoms with Crippen molar-refractivity contribution < 1.29 is 9.69 Å². The second-order valence-electron chi connectivity index (χ2n) is 5.48. The molecule has 1 aromatic carbocycles. The molecule has 1 aromatic rings. The van der Waals surface area contributed by atoms with Crippen LogP contribution in [-0.4, -0.2) is 29.0 Å². The number of halogens is 3. The minimum absolute atomic E-state index is 0.192. The molecular weight excluding hydrogens is 331 g/mol. The number of amides is 1. The van der Waals surface area contributed by atoms with E-state index < -0.39 is 9.96 Å². The van der Waals surface area contributed by atoms with Gasteiger partial charge in [-0.15, -0.1) is 0 Å². The van der Waals surface area contributed by atoms with Gasteiger partial charge < -0.3 is 4.90 Å². The van der Waals surface area contributed by atoms with Gasteiger partial charge in [0.05, 0.1) is 13.1 Å². The highest BCUT2D eigenvalue weighted by molar-refractivity contribution is 6.68. The topological polar surface area (TPSA) is 33.5 Å². The maximum absolute atomic E-state index is 12.5. The third-order valence-corrected chi connectivity index (χ3v) is 4.55. The summed E-state index contributed by atoms with van der Waals surface area (Å²) in [7, 11) is 0. The number of nitrogens with one attached hydrogen (secondary N) is 2. The average Bonchev–Trinajstić information content (AvgIpc) is 2.44. The van der Waals surface area contributed by atoms with Crippen molar-refractivity contribution in [2.45, 2.75) is 36.1 Å². The molecule has 21 heavy (non-hydrogen) atoms. The lowest BCUT2D eigenvalue weighted by Crippen LogP contribution is -3.20. The van der Waals surface area contributed by atoms with Gasteiger partial charge in [-0.05, 0) is 37.8 Å². The zero-order valence-corrected chi connectivity index (χ0v) is 14.2. The normalized spacial score (nSPS) is 18.3. The Labute approximate surface area is 140 Å². The van der Waals surface area contributed by atoms with E-state index in [9.17, 15) is 4.79 Å². The summed E-state index contributed by atoms with van der Waals surface area (Å²) in [5.74, 6) is -0.192. The van der Waals surface area contributed by atoms with E-state index >= 15 is 0 Å². The van der Waals surface area contributed by atoms with Gasteiger partial charge in [-0.2, -0.15) is 0 Å². The summed E-state index contributed by atoms with van der Waals surface area (Å²) in [5.41, 5.74) is 1.53. The molecule has 1 aliphatic heterocycles. The van der Waals surface area contributed by atoms with Gasteiger partial charge in [0.1, 0.15) is 0 Å². The SMILES string of the molecule is Cc1ccccc1C(=O)NC([NH+]1CCCCC1)C(Cl)(Cl)Cl. The number of carbonyl (C=O) groups excluding carboxylic acids is 1. The van der Waals surface area contributed by atoms with E-state index in [4.69, 9.17) is 34.8 Å². The molecule has 0 aromatic heterocycles. The lowest BCUT2D eigenvalue weighted by molar-refractivity contribution is -0.931. The number of aryl methyl sites for hydroxylation is 1. The number of piperidine rings is 1. The molecule has 6 heteroatoms. The fourth-order valence-electron chi connectivity index (χ4n) is 2.75. The van der Waals surface area contributed by atoms with Crippen molar-refractivity contribution in [3.8, 4) is 0 Å². The summed E-state index contributed by atoms with van der Waals surface area (Å²) in [5, 5.41) is 2.91. The lowest BCUT2D eigenvalue weighted by Gasteiger charge is -2.35. The Hall–Kier alpha value is -0.480. The number of quaternary nitrogens is 1. The average molecular weight is 351 g/mol. The largest absolute Gasteiger partial charge is 0.312 e. The molecule has 1 unspecified atom stereocenters. The van der Waals surface area contributed by atoms with Crippen molar-refractivity contribution in [1.82, 2.24) is 5.32 Å². The molecule has 116 valence electrons. The zero-order chi connectivity index (χ0) is 15.5. The fraction of sp³-hybridized carbons (Fsp3) is 0.533. The first-order chi connectivity index (χ1) is 9.89. The van der Waals surface area contributed by atoms with Crippen LogP contribution in [0.15, 0.2) is 24.3 Å². The maximum atomic E-state index is 12.5. The predicted octanol–water partition coefficient (Wildman–Crippen LogP) is 2.49. The summed E-state index contributed by atoms with van der Waals surface area (Å²) >= 11 is 18.3. The fourth-order valence-corrected chi connectivity index (χ4v) is 3.37. The first-order valence-electron chi connectivity index (χ1n) is 7.17. The molecule has 2 rings (SSSR count). The number of carbonyl (C=O) groups is 1. The van der Waals surface area contributed by atoms with Crippen molar-refractivity contribution in [3.05, 3.63) is 35.4 Å². The quantitative estimate of drug-likeness (QED) is 0.807. The number of hydrogen-bond donors (Lipinski definition) is 2. The minimum Gasteiger partial charge on any atom is -0.312 e. The first kappa shape index (κ1) is 16.9. The van der Waals surface area contributed by atoms with E-state index in [2.05, 4.69) is 5.32 Å². The Morgan fingerprint density at radius 2 is 1.81 bits per heavy atom. The summed E-state index contributed by atoms with van der Waals surface area (Å²) in [6.07, 6.45) is 2.84. The molecule has 2 N–H and O–H groups in total. The van der Waals surface area contributed by atoms with Gasteiger partial charge in [0.25, 0.3) is 9.70 Å². The highest BCUT2D eigenvalue weighted by Crippen LogP contribution is 2.28. The smallest absolute Gasteiger partial charge is 0.262 e. The number of benzene rings is 1. The molecule has 1 saturated heterocycles. The van der Waals surface area contributed by atoms with E-state index in [0.717, 1.165) is 36.4 Å². The highest BCUT2D eigenvalue weighted by Gasteiger charge is 2.42. The van der Waals surface area contributed by atoms with Crippen molar-refractivity contribution in [2.75, 3.05) is 13.1 Å². The van der Waals surface area contributed by atoms with Gasteiger partial charge in [0.15, 0.2) is 0 Å². The Bertz CT molecular complexity index is 496. The standard InChI is InChI=1S/C15H19Cl3N2O/c1-11-7-3-4-8-12(11)13(21)19-14(15(16,17)18)20-9-5-2-6-10-20/h3-4,7-8,14H,2,5-6,9-10H2,1H3,(H,19,21)/p+1. The third-order valence-electron chi connectivity index (χ3n) is 3.90. The van der Waals surface area contributed by atoms with Crippen LogP contribution in [0, 0.1) is 6.92 Å². The molecule has 0 saturated carbocycles. The van der Waals surface area contributed by atoms with Crippen molar-refractivity contribution in [3.63, 3.8) is 0 Å². The Balaban J connectivity index is 2.15. The van der Waals surface area contributed by atoms with Crippen LogP contribution in [0.25, 0.3) is 0 Å². The van der Waals surface area contributed by atoms with Crippen LogP contribution in [-0.2, 0) is 0 Å². The van der Waals surface area contributed by atoms with Gasteiger partial charge in [-0.3, -0.25) is 10.1 Å². The van der Waals surface area contributed by atoms with E-state index in [1.165, 1.54) is 6.42 Å². The minimum atomic E-state index is -1.52. The monoisotopic (exact) mass is 349 g/mol. The van der Waals surface area contributed by atoms with E-state index in [1.807, 2.05) is 25.1 Å². The molecular formula is C15H20Cl3N2O+. The van der Waals surface area contributed by atoms with Gasteiger partial charge in [0, 0.05) is 5.56 Å². The van der Waals surface area contributed by atoms with Gasteiger partial charge >= 0.3 is 0 Å². The Morgan fingerprint density at radius 3 is 2.38 bits per heavy atom. The van der Waals surface area contributed by atoms with Crippen LogP contribution < -0.4 is 10.2 Å². The number of rotatable bonds is 3. The Kier molecular flexibility index (Phi) is 5.78. The molecule has 1 fully saturated rings. The molecule has 0 aliphatic carbocycles. The summed E-state index contributed by atoms with van der Waals surface area (Å²) in [6.45, 7) is 3.71. The second kappa shape index (κ2) is 7.19. The van der Waals surface area contributed by atoms with E-state index in [1.54, 1.807) is 6.07 Å². The van der Waals surface area contributed by atoms with Crippen LogP contribution in [0.3, 0.4) is 0 Å². The second-order valence-corrected chi connectivity index (χ2v) is 7.85. The van der Waals surface area contributed by atoms with Crippen LogP contribution in [0.4, 0.5) is 0 Å². The molecule has 1 amide bonds. The van der Waals surface area contributed by atoms with Crippen LogP contribution in [0.5, 0.6) is 0 Å². The molecule has 0 bridgehead atoms. The van der Waals surface area contributed by atoms with Gasteiger partial charge in [-0.25, -0.2) is 0 Å². The van der Waals surface area contributed by atoms with Crippen molar-refractivity contribution in [2.24, 2.45) is 0 Å². The maximum Gasteiger partial charge on any atom is 0.262 e. The highest BCUT2D eigenvalue weighted by atomic mass is 35.6. The van der Waals surface area contributed by atoms with Crippen molar-refractivity contribution >= 4 is 40.7 Å². The molecule has 1 heterocycles. The molecule has 0 radical (unpaired) electrons. The van der Waals surface area contributed by atoms with Crippen LogP contribution in [0.1, 0.15) is 35.2 Å². The van der Waals surface area contributed by atoms with Crippen LogP contribution >= 0.6 is 34.8 Å². The lowest BCUT2D eigenvalue weighted by atomic mass is 10.1. The Morgan fingerprint density at radius 1 is 1.19 bits per heavy atom. The summed E-state index contributed by atoms with van der Waals surface area (Å²) in [4.78, 5) is 13.6. The molecule has 3 nitrogen and oxygen atoms in total. The summed E-state index contributed by atoms with van der Waals surface area (Å²) < 4.78 is -1.52. The molecule has 1 aliphatic rings. The number of hydrogen-bond acceptors (Lipinski definition) is 1. The first-order valence-corrected chi connectivity index (χ1v) is 8.31. The predicted molar refractivity (Wildman–Crippen MR) is 87.3 cm³/mol. The van der Waals surface area contributed by atoms with Crippen LogP contribution in [0.2, 0.25) is 0 Å². The molecule has 1 atom stereocenters. The van der Waals surface area contributed by atoms with Gasteiger partial charge in [-0.1, -0.05) is 53.0 Å². The van der Waals surface area contributed by atoms with E-state index in [-0.39, 0.29) is 5.91 Å². The zero-order valence-electron chi connectivity index (χ0n) is 12.0. The molecule has 0 spiro atoms. The third kappa shape index (κ3) is 4.49. The van der Waals surface area contributed by atoms with Crippen molar-refractivity contribution in [1.29, 1.82) is 0 Å². The summed E-state index contributed by atoms with van der Waals surface area (Å²) in [6, 6.07) is 7.41. The number of likely N-dealkylation sites (tertiary alicyclic amines) is 1. The van der Waals surface area contributed by atoms with Gasteiger partial charge in [0.2, 0.25) is 6.17 Å².